The van der Waals surface area contributed by atoms with Crippen molar-refractivity contribution in [1.29, 1.82) is 0 Å². The number of aryl methyl sites for hydroxylation is 1. The highest BCUT2D eigenvalue weighted by Crippen LogP contribution is 2.34. The molecule has 1 N–H and O–H groups in total. The molecule has 0 atom stereocenters. The van der Waals surface area contributed by atoms with Crippen molar-refractivity contribution >= 4 is 16.7 Å². The summed E-state index contributed by atoms with van der Waals surface area (Å²) in [5, 5.41) is 9.90. The Morgan fingerprint density at radius 3 is 2.65 bits per heavy atom. The molecule has 0 radical (unpaired) electrons. The van der Waals surface area contributed by atoms with Crippen LogP contribution in [-0.4, -0.2) is 58.0 Å². The Hall–Kier alpha value is -2.84. The second-order valence-electron chi connectivity index (χ2n) is 8.23. The van der Waals surface area contributed by atoms with E-state index in [0.717, 1.165) is 48.0 Å². The summed E-state index contributed by atoms with van der Waals surface area (Å²) < 4.78 is 7.55. The first-order valence-corrected chi connectivity index (χ1v) is 10.7. The molecule has 3 aromatic rings. The highest BCUT2D eigenvalue weighted by molar-refractivity contribution is 5.92. The first-order chi connectivity index (χ1) is 15.0. The standard InChI is InChI=1S/C23H29N5O3/c1-15-21-19(27(2)3)13-20(30)28(17-6-8-18(9-7-17)31-12-11-29)23(21)26-22(25-15)16-5-4-10-24-14-16/h4-5,10,13-14,17-18,29H,6-9,11-12H2,1-3H3. The van der Waals surface area contributed by atoms with Crippen LogP contribution in [0.15, 0.2) is 35.4 Å². The van der Waals surface area contributed by atoms with Gasteiger partial charge < -0.3 is 14.7 Å². The molecule has 164 valence electrons. The number of hydrogen-bond acceptors (Lipinski definition) is 7. The van der Waals surface area contributed by atoms with Crippen LogP contribution in [0.2, 0.25) is 0 Å². The third-order valence-corrected chi connectivity index (χ3v) is 5.91. The Bertz CT molecular complexity index is 1110. The predicted molar refractivity (Wildman–Crippen MR) is 120 cm³/mol. The zero-order valence-electron chi connectivity index (χ0n) is 18.3. The second-order valence-corrected chi connectivity index (χ2v) is 8.23. The molecule has 3 aromatic heterocycles. The van der Waals surface area contributed by atoms with Gasteiger partial charge in [0.15, 0.2) is 5.82 Å². The Kier molecular flexibility index (Phi) is 6.29. The Labute approximate surface area is 181 Å². The summed E-state index contributed by atoms with van der Waals surface area (Å²) in [7, 11) is 3.85. The van der Waals surface area contributed by atoms with Gasteiger partial charge in [0.25, 0.3) is 5.56 Å². The average Bonchev–Trinajstić information content (AvgIpc) is 2.78. The van der Waals surface area contributed by atoms with Gasteiger partial charge in [-0.25, -0.2) is 9.97 Å². The zero-order chi connectivity index (χ0) is 22.0. The minimum Gasteiger partial charge on any atom is -0.394 e. The molecule has 31 heavy (non-hydrogen) atoms. The lowest BCUT2D eigenvalue weighted by atomic mass is 9.92. The summed E-state index contributed by atoms with van der Waals surface area (Å²) in [6.45, 7) is 2.35. The maximum absolute atomic E-state index is 13.3. The van der Waals surface area contributed by atoms with Gasteiger partial charge in [0, 0.05) is 44.2 Å². The van der Waals surface area contributed by atoms with E-state index in [2.05, 4.69) is 4.98 Å². The zero-order valence-corrected chi connectivity index (χ0v) is 18.3. The number of anilines is 1. The number of fused-ring (bicyclic) bond motifs is 1. The van der Waals surface area contributed by atoms with Crippen LogP contribution in [0, 0.1) is 6.92 Å². The molecule has 0 aliphatic heterocycles. The smallest absolute Gasteiger partial charge is 0.254 e. The number of aliphatic hydroxyl groups excluding tert-OH is 1. The maximum Gasteiger partial charge on any atom is 0.254 e. The van der Waals surface area contributed by atoms with Crippen LogP contribution in [0.3, 0.4) is 0 Å². The lowest BCUT2D eigenvalue weighted by molar-refractivity contribution is 0.00168. The van der Waals surface area contributed by atoms with Gasteiger partial charge in [0.1, 0.15) is 5.65 Å². The van der Waals surface area contributed by atoms with Crippen LogP contribution in [0.25, 0.3) is 22.4 Å². The number of pyridine rings is 2. The third-order valence-electron chi connectivity index (χ3n) is 5.91. The molecular weight excluding hydrogens is 394 g/mol. The fourth-order valence-electron chi connectivity index (χ4n) is 4.41. The van der Waals surface area contributed by atoms with Crippen molar-refractivity contribution in [3.8, 4) is 11.4 Å². The molecule has 1 fully saturated rings. The van der Waals surface area contributed by atoms with Crippen molar-refractivity contribution in [3.05, 3.63) is 46.6 Å². The summed E-state index contributed by atoms with van der Waals surface area (Å²) in [6, 6.07) is 5.53. The number of hydrogen-bond donors (Lipinski definition) is 1. The maximum atomic E-state index is 13.3. The summed E-state index contributed by atoms with van der Waals surface area (Å²) in [5.41, 5.74) is 3.10. The first kappa shape index (κ1) is 21.4. The molecule has 1 aliphatic carbocycles. The Morgan fingerprint density at radius 1 is 1.23 bits per heavy atom. The molecule has 0 unspecified atom stereocenters. The van der Waals surface area contributed by atoms with E-state index in [1.54, 1.807) is 18.5 Å². The lowest BCUT2D eigenvalue weighted by Crippen LogP contribution is -2.32. The van der Waals surface area contributed by atoms with Gasteiger partial charge >= 0.3 is 0 Å². The molecule has 3 heterocycles. The van der Waals surface area contributed by atoms with Gasteiger partial charge in [0.2, 0.25) is 0 Å². The summed E-state index contributed by atoms with van der Waals surface area (Å²) in [4.78, 5) is 29.0. The van der Waals surface area contributed by atoms with Crippen molar-refractivity contribution < 1.29 is 9.84 Å². The van der Waals surface area contributed by atoms with Gasteiger partial charge in [-0.1, -0.05) is 0 Å². The van der Waals surface area contributed by atoms with E-state index >= 15 is 0 Å². The monoisotopic (exact) mass is 423 g/mol. The Morgan fingerprint density at radius 2 is 2.00 bits per heavy atom. The second kappa shape index (κ2) is 9.11. The molecule has 8 heteroatoms. The van der Waals surface area contributed by atoms with Gasteiger partial charge in [-0.15, -0.1) is 0 Å². The van der Waals surface area contributed by atoms with Crippen molar-refractivity contribution in [2.24, 2.45) is 0 Å². The van der Waals surface area contributed by atoms with Crippen molar-refractivity contribution in [3.63, 3.8) is 0 Å². The van der Waals surface area contributed by atoms with Crippen LogP contribution in [0.1, 0.15) is 37.4 Å². The van der Waals surface area contributed by atoms with Crippen LogP contribution in [-0.2, 0) is 4.74 Å². The van der Waals surface area contributed by atoms with Gasteiger partial charge in [0.05, 0.1) is 36.1 Å². The minimum absolute atomic E-state index is 0.0311. The lowest BCUT2D eigenvalue weighted by Gasteiger charge is -2.31. The van der Waals surface area contributed by atoms with E-state index in [1.807, 2.05) is 42.6 Å². The summed E-state index contributed by atoms with van der Waals surface area (Å²) >= 11 is 0. The average molecular weight is 424 g/mol. The van der Waals surface area contributed by atoms with E-state index in [0.29, 0.717) is 18.1 Å². The van der Waals surface area contributed by atoms with E-state index in [4.69, 9.17) is 19.8 Å². The fourth-order valence-corrected chi connectivity index (χ4v) is 4.41. The quantitative estimate of drug-likeness (QED) is 0.651. The summed E-state index contributed by atoms with van der Waals surface area (Å²) in [6.07, 6.45) is 6.96. The molecule has 1 aliphatic rings. The SMILES string of the molecule is Cc1nc(-c2cccnc2)nc2c1c(N(C)C)cc(=O)n2C1CCC(OCCO)CC1. The molecule has 4 rings (SSSR count). The van der Waals surface area contributed by atoms with Gasteiger partial charge in [-0.3, -0.25) is 14.3 Å². The highest BCUT2D eigenvalue weighted by atomic mass is 16.5. The molecule has 0 amide bonds. The van der Waals surface area contributed by atoms with E-state index in [9.17, 15) is 4.79 Å². The fraction of sp³-hybridized carbons (Fsp3) is 0.478. The number of ether oxygens (including phenoxy) is 1. The van der Waals surface area contributed by atoms with E-state index in [1.165, 1.54) is 0 Å². The predicted octanol–water partition coefficient (Wildman–Crippen LogP) is 2.72. The van der Waals surface area contributed by atoms with E-state index in [-0.39, 0.29) is 24.3 Å². The molecule has 0 bridgehead atoms. The normalized spacial score (nSPS) is 19.0. The minimum atomic E-state index is -0.0498. The van der Waals surface area contributed by atoms with Crippen LogP contribution in [0.5, 0.6) is 0 Å². The van der Waals surface area contributed by atoms with Crippen LogP contribution in [0.4, 0.5) is 5.69 Å². The van der Waals surface area contributed by atoms with Crippen LogP contribution < -0.4 is 10.5 Å². The number of nitrogens with zero attached hydrogens (tertiary/aromatic N) is 5. The van der Waals surface area contributed by atoms with Crippen molar-refractivity contribution in [2.45, 2.75) is 44.8 Å². The van der Waals surface area contributed by atoms with Crippen molar-refractivity contribution in [1.82, 2.24) is 19.5 Å². The van der Waals surface area contributed by atoms with Crippen molar-refractivity contribution in [2.75, 3.05) is 32.2 Å². The molecule has 0 saturated heterocycles. The van der Waals surface area contributed by atoms with Gasteiger partial charge in [-0.05, 0) is 44.7 Å². The molecule has 0 spiro atoms. The molecule has 8 nitrogen and oxygen atoms in total. The summed E-state index contributed by atoms with van der Waals surface area (Å²) in [5.74, 6) is 0.571. The molecule has 1 saturated carbocycles. The number of rotatable bonds is 6. The topological polar surface area (TPSA) is 93.4 Å². The third kappa shape index (κ3) is 4.31. The molecular formula is C23H29N5O3. The van der Waals surface area contributed by atoms with E-state index < -0.39 is 0 Å². The number of aliphatic hydroxyl groups is 1. The molecule has 0 aromatic carbocycles. The number of aromatic nitrogens is 4. The highest BCUT2D eigenvalue weighted by Gasteiger charge is 2.27. The van der Waals surface area contributed by atoms with Gasteiger partial charge in [-0.2, -0.15) is 0 Å². The largest absolute Gasteiger partial charge is 0.394 e. The van der Waals surface area contributed by atoms with Crippen LogP contribution >= 0.6 is 0 Å². The first-order valence-electron chi connectivity index (χ1n) is 10.7. The Balaban J connectivity index is 1.83.